The summed E-state index contributed by atoms with van der Waals surface area (Å²) in [6.45, 7) is 4.27. The van der Waals surface area contributed by atoms with E-state index in [2.05, 4.69) is 22.2 Å². The Kier molecular flexibility index (Phi) is 9.09. The van der Waals surface area contributed by atoms with Crippen LogP contribution >= 0.6 is 0 Å². The second-order valence-corrected chi connectivity index (χ2v) is 13.6. The monoisotopic (exact) mass is 650 g/mol. The highest BCUT2D eigenvalue weighted by atomic mass is 19.4. The molecule has 1 N–H and O–H groups in total. The Hall–Kier alpha value is -3.92. The quantitative estimate of drug-likeness (QED) is 0.279. The number of alkyl halides is 3. The normalized spacial score (nSPS) is 23.5. The van der Waals surface area contributed by atoms with Crippen molar-refractivity contribution < 1.29 is 27.2 Å². The third-order valence-electron chi connectivity index (χ3n) is 10.5. The smallest absolute Gasteiger partial charge is 0.372 e. The molecule has 3 aliphatic rings. The number of benzene rings is 3. The van der Waals surface area contributed by atoms with Crippen molar-refractivity contribution in [1.29, 1.82) is 0 Å². The number of carbonyl (C=O) groups excluding carboxylic acids is 2. The number of likely N-dealkylation sites (N-methyl/N-ethyl adjacent to an activating group) is 1. The van der Waals surface area contributed by atoms with Crippen molar-refractivity contribution in [3.63, 3.8) is 0 Å². The molecule has 0 bridgehead atoms. The van der Waals surface area contributed by atoms with Crippen molar-refractivity contribution in [2.75, 3.05) is 37.4 Å². The molecule has 250 valence electrons. The van der Waals surface area contributed by atoms with Crippen LogP contribution in [0.2, 0.25) is 0 Å². The Morgan fingerprint density at radius 2 is 1.64 bits per heavy atom. The van der Waals surface area contributed by atoms with Crippen LogP contribution in [0.15, 0.2) is 60.7 Å². The fourth-order valence-electron chi connectivity index (χ4n) is 8.07. The number of nitrogens with zero attached hydrogens (tertiary/aromatic N) is 3. The van der Waals surface area contributed by atoms with E-state index in [1.807, 2.05) is 31.3 Å². The SMILES string of the molecule is Cc1ccc(NC(=O)C2CC3CN(C)CC3N(C(=O)c3c(C)cccc3F)C2c2ccc(N(C)C3CCCC3)cc2)cc1C(F)(F)F. The summed E-state index contributed by atoms with van der Waals surface area (Å²) in [4.78, 5) is 34.8. The summed E-state index contributed by atoms with van der Waals surface area (Å²) < 4.78 is 56.6. The van der Waals surface area contributed by atoms with Gasteiger partial charge in [0, 0.05) is 43.6 Å². The van der Waals surface area contributed by atoms with Gasteiger partial charge in [0.2, 0.25) is 5.91 Å². The topological polar surface area (TPSA) is 55.9 Å². The van der Waals surface area contributed by atoms with E-state index in [1.54, 1.807) is 24.0 Å². The van der Waals surface area contributed by atoms with Gasteiger partial charge in [0.05, 0.1) is 23.1 Å². The molecule has 4 atom stereocenters. The van der Waals surface area contributed by atoms with Gasteiger partial charge >= 0.3 is 6.18 Å². The molecular weight excluding hydrogens is 608 g/mol. The van der Waals surface area contributed by atoms with Crippen molar-refractivity contribution in [3.8, 4) is 0 Å². The maximum atomic E-state index is 15.4. The molecule has 6 nitrogen and oxygen atoms in total. The number of halogens is 4. The first kappa shape index (κ1) is 33.0. The van der Waals surface area contributed by atoms with Gasteiger partial charge in [-0.25, -0.2) is 4.39 Å². The van der Waals surface area contributed by atoms with E-state index in [4.69, 9.17) is 0 Å². The molecule has 0 spiro atoms. The molecule has 4 unspecified atom stereocenters. The van der Waals surface area contributed by atoms with Crippen LogP contribution in [0.5, 0.6) is 0 Å². The third-order valence-corrected chi connectivity index (χ3v) is 10.5. The fourth-order valence-corrected chi connectivity index (χ4v) is 8.07. The molecule has 0 radical (unpaired) electrons. The molecule has 2 saturated heterocycles. The van der Waals surface area contributed by atoms with Crippen LogP contribution < -0.4 is 10.2 Å². The van der Waals surface area contributed by atoms with Crippen LogP contribution in [0, 0.1) is 31.5 Å². The second-order valence-electron chi connectivity index (χ2n) is 13.6. The maximum absolute atomic E-state index is 15.4. The number of amides is 2. The van der Waals surface area contributed by atoms with Crippen molar-refractivity contribution in [2.45, 2.75) is 70.3 Å². The Balaban J connectivity index is 1.42. The van der Waals surface area contributed by atoms with Crippen LogP contribution in [0.1, 0.15) is 70.8 Å². The molecule has 0 aromatic heterocycles. The second kappa shape index (κ2) is 12.9. The van der Waals surface area contributed by atoms with Crippen molar-refractivity contribution in [2.24, 2.45) is 11.8 Å². The molecule has 6 rings (SSSR count). The number of carbonyl (C=O) groups is 2. The average Bonchev–Trinajstić information content (AvgIpc) is 3.69. The number of piperidine rings is 1. The van der Waals surface area contributed by atoms with E-state index >= 15 is 4.39 Å². The maximum Gasteiger partial charge on any atom is 0.416 e. The van der Waals surface area contributed by atoms with Gasteiger partial charge in [-0.3, -0.25) is 9.59 Å². The van der Waals surface area contributed by atoms with Gasteiger partial charge in [-0.1, -0.05) is 43.2 Å². The highest BCUT2D eigenvalue weighted by Crippen LogP contribution is 2.46. The van der Waals surface area contributed by atoms with E-state index < -0.39 is 41.3 Å². The number of rotatable bonds is 6. The van der Waals surface area contributed by atoms with E-state index in [0.29, 0.717) is 31.1 Å². The Morgan fingerprint density at radius 1 is 0.936 bits per heavy atom. The molecule has 2 heterocycles. The van der Waals surface area contributed by atoms with Crippen molar-refractivity contribution in [3.05, 3.63) is 94.3 Å². The molecule has 2 aliphatic heterocycles. The molecule has 2 amide bonds. The zero-order valence-corrected chi connectivity index (χ0v) is 27.3. The van der Waals surface area contributed by atoms with Crippen LogP contribution in [-0.4, -0.2) is 60.9 Å². The average molecular weight is 651 g/mol. The van der Waals surface area contributed by atoms with Crippen LogP contribution in [-0.2, 0) is 11.0 Å². The Bertz CT molecular complexity index is 1620. The van der Waals surface area contributed by atoms with Gasteiger partial charge in [-0.2, -0.15) is 13.2 Å². The lowest BCUT2D eigenvalue weighted by Crippen LogP contribution is -2.55. The molecule has 47 heavy (non-hydrogen) atoms. The van der Waals surface area contributed by atoms with E-state index in [0.717, 1.165) is 30.2 Å². The van der Waals surface area contributed by atoms with Crippen molar-refractivity contribution >= 4 is 23.2 Å². The Morgan fingerprint density at radius 3 is 2.30 bits per heavy atom. The predicted octanol–water partition coefficient (Wildman–Crippen LogP) is 7.61. The van der Waals surface area contributed by atoms with Gasteiger partial charge in [0.1, 0.15) is 5.82 Å². The molecule has 3 aromatic rings. The molecule has 1 aliphatic carbocycles. The summed E-state index contributed by atoms with van der Waals surface area (Å²) in [5.74, 6) is -2.48. The van der Waals surface area contributed by atoms with Gasteiger partial charge in [-0.15, -0.1) is 0 Å². The molecular formula is C37H42F4N4O2. The number of hydrogen-bond acceptors (Lipinski definition) is 4. The van der Waals surface area contributed by atoms with Crippen molar-refractivity contribution in [1.82, 2.24) is 9.80 Å². The summed E-state index contributed by atoms with van der Waals surface area (Å²) in [5, 5.41) is 2.76. The van der Waals surface area contributed by atoms with E-state index in [9.17, 15) is 22.8 Å². The standard InChI is InChI=1S/C37H42F4N4O2/c1-22-12-15-26(19-30(22)37(39,40)41)42-35(46)29-18-25-20-43(3)21-32(25)45(36(47)33-23(2)8-7-11-31(33)38)34(29)24-13-16-28(17-14-24)44(4)27-9-5-6-10-27/h7-8,11-17,19,25,27,29,32,34H,5-6,9-10,18,20-21H2,1-4H3,(H,42,46). The largest absolute Gasteiger partial charge is 0.416 e. The zero-order chi connectivity index (χ0) is 33.6. The molecule has 3 fully saturated rings. The number of nitrogens with one attached hydrogen (secondary N) is 1. The highest BCUT2D eigenvalue weighted by Gasteiger charge is 2.51. The lowest BCUT2D eigenvalue weighted by molar-refractivity contribution is -0.138. The highest BCUT2D eigenvalue weighted by molar-refractivity contribution is 5.98. The number of likely N-dealkylation sites (tertiary alicyclic amines) is 2. The number of anilines is 2. The fraction of sp³-hybridized carbons (Fsp3) is 0.459. The number of aryl methyl sites for hydroxylation is 2. The summed E-state index contributed by atoms with van der Waals surface area (Å²) in [6, 6.07) is 15.6. The van der Waals surface area contributed by atoms with Gasteiger partial charge in [-0.05, 0) is 93.1 Å². The zero-order valence-electron chi connectivity index (χ0n) is 27.3. The summed E-state index contributed by atoms with van der Waals surface area (Å²) in [5.41, 5.74) is 1.49. The first-order chi connectivity index (χ1) is 22.3. The summed E-state index contributed by atoms with van der Waals surface area (Å²) in [7, 11) is 4.03. The molecule has 3 aromatic carbocycles. The van der Waals surface area contributed by atoms with Crippen LogP contribution in [0.3, 0.4) is 0 Å². The molecule has 10 heteroatoms. The minimum absolute atomic E-state index is 0.0298. The van der Waals surface area contributed by atoms with E-state index in [-0.39, 0.29) is 28.8 Å². The van der Waals surface area contributed by atoms with Crippen LogP contribution in [0.4, 0.5) is 28.9 Å². The van der Waals surface area contributed by atoms with E-state index in [1.165, 1.54) is 38.0 Å². The van der Waals surface area contributed by atoms with Gasteiger partial charge in [0.15, 0.2) is 0 Å². The first-order valence-corrected chi connectivity index (χ1v) is 16.4. The summed E-state index contributed by atoms with van der Waals surface area (Å²) >= 11 is 0. The first-order valence-electron chi connectivity index (χ1n) is 16.4. The van der Waals surface area contributed by atoms with Gasteiger partial charge in [0.25, 0.3) is 5.91 Å². The minimum Gasteiger partial charge on any atom is -0.372 e. The summed E-state index contributed by atoms with van der Waals surface area (Å²) in [6.07, 6.45) is 0.487. The minimum atomic E-state index is -4.58. The molecule has 1 saturated carbocycles. The third kappa shape index (κ3) is 6.49. The van der Waals surface area contributed by atoms with Crippen LogP contribution in [0.25, 0.3) is 0 Å². The lowest BCUT2D eigenvalue weighted by atomic mass is 9.76. The number of hydrogen-bond donors (Lipinski definition) is 1. The Labute approximate surface area is 273 Å². The van der Waals surface area contributed by atoms with Gasteiger partial charge < -0.3 is 20.0 Å². The predicted molar refractivity (Wildman–Crippen MR) is 175 cm³/mol. The lowest BCUT2D eigenvalue weighted by Gasteiger charge is -2.47. The number of fused-ring (bicyclic) bond motifs is 1.